The zero-order valence-corrected chi connectivity index (χ0v) is 15.7. The molecule has 1 aromatic heterocycles. The molecule has 1 amide bonds. The topological polar surface area (TPSA) is 63.7 Å². The highest BCUT2D eigenvalue weighted by Crippen LogP contribution is 2.37. The van der Waals surface area contributed by atoms with Crippen molar-refractivity contribution < 1.29 is 14.3 Å². The van der Waals surface area contributed by atoms with Gasteiger partial charge in [0.15, 0.2) is 11.5 Å². The first-order chi connectivity index (χ1) is 11.6. The lowest BCUT2D eigenvalue weighted by Gasteiger charge is -2.38. The molecule has 8 heteroatoms. The van der Waals surface area contributed by atoms with E-state index in [0.29, 0.717) is 10.9 Å². The minimum atomic E-state index is 0. The van der Waals surface area contributed by atoms with E-state index < -0.39 is 0 Å². The Labute approximate surface area is 156 Å². The summed E-state index contributed by atoms with van der Waals surface area (Å²) in [5.41, 5.74) is 0.935. The van der Waals surface area contributed by atoms with E-state index in [4.69, 9.17) is 9.47 Å². The van der Waals surface area contributed by atoms with Gasteiger partial charge in [0.25, 0.3) is 5.91 Å². The highest BCUT2D eigenvalue weighted by atomic mass is 35.5. The second kappa shape index (κ2) is 7.19. The van der Waals surface area contributed by atoms with Gasteiger partial charge in [-0.2, -0.15) is 0 Å². The Morgan fingerprint density at radius 1 is 1.32 bits per heavy atom. The molecule has 1 fully saturated rings. The highest BCUT2D eigenvalue weighted by Gasteiger charge is 2.30. The van der Waals surface area contributed by atoms with Crippen LogP contribution in [0.25, 0.3) is 10.6 Å². The van der Waals surface area contributed by atoms with Gasteiger partial charge in [-0.3, -0.25) is 4.79 Å². The fourth-order valence-corrected chi connectivity index (χ4v) is 3.89. The third-order valence-corrected chi connectivity index (χ3v) is 5.67. The molecule has 0 radical (unpaired) electrons. The lowest BCUT2D eigenvalue weighted by atomic mass is 10.1. The minimum absolute atomic E-state index is 0. The van der Waals surface area contributed by atoms with Crippen molar-refractivity contribution >= 4 is 29.7 Å². The summed E-state index contributed by atoms with van der Waals surface area (Å²) < 4.78 is 10.7. The summed E-state index contributed by atoms with van der Waals surface area (Å²) in [5.74, 6) is 1.52. The van der Waals surface area contributed by atoms with Gasteiger partial charge in [0.2, 0.25) is 6.79 Å². The van der Waals surface area contributed by atoms with Crippen molar-refractivity contribution in [2.75, 3.05) is 19.9 Å². The van der Waals surface area contributed by atoms with E-state index >= 15 is 0 Å². The first-order valence-electron chi connectivity index (χ1n) is 8.03. The van der Waals surface area contributed by atoms with Crippen molar-refractivity contribution in [3.05, 3.63) is 29.3 Å². The number of hydrogen-bond donors (Lipinski definition) is 1. The minimum Gasteiger partial charge on any atom is -0.454 e. The van der Waals surface area contributed by atoms with Crippen molar-refractivity contribution in [2.45, 2.75) is 25.9 Å². The maximum absolute atomic E-state index is 12.8. The number of piperazine rings is 1. The van der Waals surface area contributed by atoms with Gasteiger partial charge in [0, 0.05) is 30.7 Å². The lowest BCUT2D eigenvalue weighted by Crippen LogP contribution is -2.57. The van der Waals surface area contributed by atoms with Crippen molar-refractivity contribution in [2.24, 2.45) is 0 Å². The normalized spacial score (nSPS) is 21.8. The number of rotatable bonds is 2. The molecule has 4 rings (SSSR count). The number of aromatic nitrogens is 1. The number of ether oxygens (including phenoxy) is 2. The van der Waals surface area contributed by atoms with Crippen LogP contribution in [0.15, 0.2) is 24.4 Å². The number of amides is 1. The van der Waals surface area contributed by atoms with E-state index in [1.54, 1.807) is 6.20 Å². The highest BCUT2D eigenvalue weighted by molar-refractivity contribution is 7.16. The largest absolute Gasteiger partial charge is 0.454 e. The van der Waals surface area contributed by atoms with Gasteiger partial charge >= 0.3 is 0 Å². The van der Waals surface area contributed by atoms with Crippen LogP contribution in [0, 0.1) is 0 Å². The molecule has 1 N–H and O–H groups in total. The average molecular weight is 382 g/mol. The van der Waals surface area contributed by atoms with Crippen molar-refractivity contribution in [1.29, 1.82) is 0 Å². The van der Waals surface area contributed by atoms with Crippen LogP contribution in [0.2, 0.25) is 0 Å². The van der Waals surface area contributed by atoms with E-state index in [0.717, 1.165) is 35.2 Å². The Morgan fingerprint density at radius 2 is 2.12 bits per heavy atom. The molecule has 1 aromatic carbocycles. The van der Waals surface area contributed by atoms with E-state index in [-0.39, 0.29) is 31.1 Å². The molecule has 0 bridgehead atoms. The van der Waals surface area contributed by atoms with E-state index in [1.165, 1.54) is 11.3 Å². The SMILES string of the molecule is CC1NCCN(C(=O)c2cnc(-c3ccc4c(c3)OCO4)s2)C1C.Cl. The quantitative estimate of drug-likeness (QED) is 0.866. The van der Waals surface area contributed by atoms with Crippen molar-refractivity contribution in [1.82, 2.24) is 15.2 Å². The molecule has 0 aliphatic carbocycles. The summed E-state index contributed by atoms with van der Waals surface area (Å²) in [6.07, 6.45) is 1.67. The zero-order chi connectivity index (χ0) is 16.7. The number of hydrogen-bond acceptors (Lipinski definition) is 6. The van der Waals surface area contributed by atoms with E-state index in [9.17, 15) is 4.79 Å². The Hall–Kier alpha value is -1.83. The molecule has 2 aliphatic heterocycles. The molecule has 6 nitrogen and oxygen atoms in total. The van der Waals surface area contributed by atoms with Crippen LogP contribution in [-0.4, -0.2) is 47.8 Å². The standard InChI is InChI=1S/C17H19N3O3S.ClH/c1-10-11(2)20(6-5-18-10)17(21)15-8-19-16(24-15)12-3-4-13-14(7-12)23-9-22-13;/h3-4,7-8,10-11,18H,5-6,9H2,1-2H3;1H. The number of nitrogens with zero attached hydrogens (tertiary/aromatic N) is 2. The Morgan fingerprint density at radius 3 is 2.96 bits per heavy atom. The van der Waals surface area contributed by atoms with Gasteiger partial charge in [-0.15, -0.1) is 23.7 Å². The predicted molar refractivity (Wildman–Crippen MR) is 98.9 cm³/mol. The third kappa shape index (κ3) is 3.31. The summed E-state index contributed by atoms with van der Waals surface area (Å²) >= 11 is 1.42. The summed E-state index contributed by atoms with van der Waals surface area (Å²) in [4.78, 5) is 19.8. The van der Waals surface area contributed by atoms with Crippen LogP contribution in [0.1, 0.15) is 23.5 Å². The van der Waals surface area contributed by atoms with Gasteiger partial charge in [-0.1, -0.05) is 0 Å². The second-order valence-corrected chi connectivity index (χ2v) is 7.11. The second-order valence-electron chi connectivity index (χ2n) is 6.08. The lowest BCUT2D eigenvalue weighted by molar-refractivity contribution is 0.0607. The van der Waals surface area contributed by atoms with Crippen LogP contribution in [0.5, 0.6) is 11.5 Å². The van der Waals surface area contributed by atoms with Crippen LogP contribution < -0.4 is 14.8 Å². The van der Waals surface area contributed by atoms with Gasteiger partial charge in [-0.05, 0) is 32.0 Å². The number of halogens is 1. The van der Waals surface area contributed by atoms with Crippen molar-refractivity contribution in [3.63, 3.8) is 0 Å². The maximum atomic E-state index is 12.8. The molecular weight excluding hydrogens is 362 g/mol. The molecule has 25 heavy (non-hydrogen) atoms. The van der Waals surface area contributed by atoms with Gasteiger partial charge in [0.05, 0.1) is 6.20 Å². The number of nitrogens with one attached hydrogen (secondary N) is 1. The molecule has 1 saturated heterocycles. The first kappa shape index (κ1) is 18.0. The molecular formula is C17H20ClN3O3S. The summed E-state index contributed by atoms with van der Waals surface area (Å²) in [5, 5.41) is 4.20. The average Bonchev–Trinajstić information content (AvgIpc) is 3.25. The summed E-state index contributed by atoms with van der Waals surface area (Å²) in [6, 6.07) is 6.19. The number of carbonyl (C=O) groups is 1. The predicted octanol–water partition coefficient (Wildman–Crippen LogP) is 2.78. The van der Waals surface area contributed by atoms with Crippen LogP contribution >= 0.6 is 23.7 Å². The Bertz CT molecular complexity index is 782. The fraction of sp³-hybridized carbons (Fsp3) is 0.412. The molecule has 0 saturated carbocycles. The van der Waals surface area contributed by atoms with Crippen LogP contribution in [0.4, 0.5) is 0 Å². The molecule has 3 heterocycles. The van der Waals surface area contributed by atoms with Gasteiger partial charge < -0.3 is 19.7 Å². The molecule has 2 aromatic rings. The third-order valence-electron chi connectivity index (χ3n) is 4.63. The smallest absolute Gasteiger partial charge is 0.265 e. The molecule has 134 valence electrons. The molecule has 2 aliphatic rings. The summed E-state index contributed by atoms with van der Waals surface area (Å²) in [7, 11) is 0. The molecule has 2 unspecified atom stereocenters. The first-order valence-corrected chi connectivity index (χ1v) is 8.85. The van der Waals surface area contributed by atoms with Crippen molar-refractivity contribution in [3.8, 4) is 22.1 Å². The number of carbonyl (C=O) groups excluding carboxylic acids is 1. The zero-order valence-electron chi connectivity index (χ0n) is 14.0. The van der Waals surface area contributed by atoms with Crippen LogP contribution in [-0.2, 0) is 0 Å². The Kier molecular flexibility index (Phi) is 5.17. The van der Waals surface area contributed by atoms with Crippen LogP contribution in [0.3, 0.4) is 0 Å². The number of benzene rings is 1. The van der Waals surface area contributed by atoms with Gasteiger partial charge in [0.1, 0.15) is 9.88 Å². The molecule has 0 spiro atoms. The summed E-state index contributed by atoms with van der Waals surface area (Å²) in [6.45, 7) is 5.98. The fourth-order valence-electron chi connectivity index (χ4n) is 3.02. The maximum Gasteiger partial charge on any atom is 0.265 e. The molecule has 2 atom stereocenters. The van der Waals surface area contributed by atoms with E-state index in [1.807, 2.05) is 23.1 Å². The van der Waals surface area contributed by atoms with Gasteiger partial charge in [-0.25, -0.2) is 4.98 Å². The van der Waals surface area contributed by atoms with E-state index in [2.05, 4.69) is 24.1 Å². The number of fused-ring (bicyclic) bond motifs is 1. The Balaban J connectivity index is 0.00000182. The number of thiazole rings is 1. The monoisotopic (exact) mass is 381 g/mol.